The van der Waals surface area contributed by atoms with Crippen LogP contribution in [0.1, 0.15) is 15.9 Å². The summed E-state index contributed by atoms with van der Waals surface area (Å²) in [7, 11) is 3.01. The minimum atomic E-state index is -0.398. The molecule has 0 unspecified atom stereocenters. The van der Waals surface area contributed by atoms with Crippen LogP contribution in [0.3, 0.4) is 0 Å². The molecule has 1 aromatic heterocycles. The third-order valence-corrected chi connectivity index (χ3v) is 4.76. The zero-order chi connectivity index (χ0) is 21.6. The highest BCUT2D eigenvalue weighted by Gasteiger charge is 2.10. The quantitative estimate of drug-likeness (QED) is 0.421. The van der Waals surface area contributed by atoms with E-state index in [1.54, 1.807) is 25.3 Å². The van der Waals surface area contributed by atoms with Crippen LogP contribution in [-0.2, 0) is 11.3 Å². The van der Waals surface area contributed by atoms with Gasteiger partial charge in [0.2, 0.25) is 5.95 Å². The number of hydrogen-bond acceptors (Lipinski definition) is 7. The van der Waals surface area contributed by atoms with E-state index < -0.39 is 5.97 Å². The minimum Gasteiger partial charge on any atom is -0.497 e. The Kier molecular flexibility index (Phi) is 5.93. The predicted octanol–water partition coefficient (Wildman–Crippen LogP) is 4.78. The fraction of sp³-hybridized carbons (Fsp3) is 0.125. The molecule has 4 rings (SSSR count). The van der Waals surface area contributed by atoms with Gasteiger partial charge in [-0.2, -0.15) is 4.98 Å². The highest BCUT2D eigenvalue weighted by Crippen LogP contribution is 2.25. The van der Waals surface area contributed by atoms with Crippen LogP contribution in [0.4, 0.5) is 17.5 Å². The van der Waals surface area contributed by atoms with Gasteiger partial charge in [-0.1, -0.05) is 30.3 Å². The molecule has 3 aromatic carbocycles. The summed E-state index contributed by atoms with van der Waals surface area (Å²) in [5, 5.41) is 7.50. The molecule has 1 heterocycles. The highest BCUT2D eigenvalue weighted by atomic mass is 16.5. The van der Waals surface area contributed by atoms with Crippen molar-refractivity contribution in [1.29, 1.82) is 0 Å². The first-order chi connectivity index (χ1) is 15.2. The van der Waals surface area contributed by atoms with E-state index in [1.165, 1.54) is 7.11 Å². The molecule has 0 amide bonds. The molecule has 0 radical (unpaired) electrons. The summed E-state index contributed by atoms with van der Waals surface area (Å²) < 4.78 is 10.0. The number of esters is 1. The lowest BCUT2D eigenvalue weighted by molar-refractivity contribution is 0.0601. The van der Waals surface area contributed by atoms with Gasteiger partial charge >= 0.3 is 5.97 Å². The van der Waals surface area contributed by atoms with Gasteiger partial charge in [0.1, 0.15) is 11.6 Å². The SMILES string of the molecule is COC(=O)c1cccc(Nc2nc(NCc3ccc(OC)cc3)c3ccccc3n2)c1. The van der Waals surface area contributed by atoms with Crippen molar-refractivity contribution in [1.82, 2.24) is 9.97 Å². The zero-order valence-corrected chi connectivity index (χ0v) is 17.3. The van der Waals surface area contributed by atoms with Gasteiger partial charge in [0, 0.05) is 17.6 Å². The van der Waals surface area contributed by atoms with Crippen molar-refractivity contribution in [3.63, 3.8) is 0 Å². The Labute approximate surface area is 180 Å². The second kappa shape index (κ2) is 9.13. The lowest BCUT2D eigenvalue weighted by Crippen LogP contribution is -2.06. The minimum absolute atomic E-state index is 0.398. The van der Waals surface area contributed by atoms with E-state index in [-0.39, 0.29) is 0 Å². The molecule has 0 saturated heterocycles. The van der Waals surface area contributed by atoms with E-state index in [1.807, 2.05) is 54.6 Å². The second-order valence-corrected chi connectivity index (χ2v) is 6.81. The molecule has 31 heavy (non-hydrogen) atoms. The maximum absolute atomic E-state index is 11.8. The molecule has 156 valence electrons. The molecular formula is C24H22N4O3. The fourth-order valence-corrected chi connectivity index (χ4v) is 3.17. The Balaban J connectivity index is 1.61. The number of ether oxygens (including phenoxy) is 2. The average Bonchev–Trinajstić information content (AvgIpc) is 2.82. The van der Waals surface area contributed by atoms with Gasteiger partial charge in [-0.25, -0.2) is 9.78 Å². The number of methoxy groups -OCH3 is 2. The topological polar surface area (TPSA) is 85.4 Å². The number of benzene rings is 3. The van der Waals surface area contributed by atoms with Gasteiger partial charge in [0.05, 0.1) is 25.3 Å². The van der Waals surface area contributed by atoms with Crippen molar-refractivity contribution < 1.29 is 14.3 Å². The van der Waals surface area contributed by atoms with E-state index in [2.05, 4.69) is 20.6 Å². The van der Waals surface area contributed by atoms with Crippen molar-refractivity contribution >= 4 is 34.3 Å². The average molecular weight is 414 g/mol. The Bertz CT molecular complexity index is 1210. The van der Waals surface area contributed by atoms with Crippen molar-refractivity contribution in [2.45, 2.75) is 6.54 Å². The van der Waals surface area contributed by atoms with E-state index >= 15 is 0 Å². The molecule has 0 atom stereocenters. The number of fused-ring (bicyclic) bond motifs is 1. The lowest BCUT2D eigenvalue weighted by Gasteiger charge is -2.12. The lowest BCUT2D eigenvalue weighted by atomic mass is 10.2. The molecule has 7 nitrogen and oxygen atoms in total. The Morgan fingerprint density at radius 3 is 2.52 bits per heavy atom. The van der Waals surface area contributed by atoms with Gasteiger partial charge in [-0.05, 0) is 48.0 Å². The second-order valence-electron chi connectivity index (χ2n) is 6.81. The van der Waals surface area contributed by atoms with Crippen molar-refractivity contribution in [3.8, 4) is 5.75 Å². The van der Waals surface area contributed by atoms with E-state index in [0.29, 0.717) is 29.6 Å². The summed E-state index contributed by atoms with van der Waals surface area (Å²) in [4.78, 5) is 21.1. The predicted molar refractivity (Wildman–Crippen MR) is 121 cm³/mol. The third-order valence-electron chi connectivity index (χ3n) is 4.76. The summed E-state index contributed by atoms with van der Waals surface area (Å²) in [6.45, 7) is 0.599. The van der Waals surface area contributed by atoms with Crippen LogP contribution < -0.4 is 15.4 Å². The molecular weight excluding hydrogens is 392 g/mol. The van der Waals surface area contributed by atoms with Crippen LogP contribution in [0.5, 0.6) is 5.75 Å². The normalized spacial score (nSPS) is 10.5. The number of rotatable bonds is 7. The van der Waals surface area contributed by atoms with Crippen molar-refractivity contribution in [2.24, 2.45) is 0 Å². The monoisotopic (exact) mass is 414 g/mol. The zero-order valence-electron chi connectivity index (χ0n) is 17.3. The van der Waals surface area contributed by atoms with Crippen LogP contribution in [0.15, 0.2) is 72.8 Å². The number of anilines is 3. The van der Waals surface area contributed by atoms with Crippen LogP contribution in [0, 0.1) is 0 Å². The number of para-hydroxylation sites is 1. The number of aromatic nitrogens is 2. The summed E-state index contributed by atoms with van der Waals surface area (Å²) in [5.74, 6) is 1.56. The summed E-state index contributed by atoms with van der Waals surface area (Å²) >= 11 is 0. The Morgan fingerprint density at radius 2 is 1.74 bits per heavy atom. The molecule has 0 aliphatic heterocycles. The number of nitrogens with one attached hydrogen (secondary N) is 2. The van der Waals surface area contributed by atoms with Gasteiger partial charge < -0.3 is 20.1 Å². The first-order valence-corrected chi connectivity index (χ1v) is 9.75. The van der Waals surface area contributed by atoms with Crippen LogP contribution in [0.25, 0.3) is 10.9 Å². The van der Waals surface area contributed by atoms with E-state index in [0.717, 1.165) is 22.2 Å². The molecule has 0 fully saturated rings. The summed E-state index contributed by atoms with van der Waals surface area (Å²) in [6.07, 6.45) is 0. The standard InChI is InChI=1S/C24H22N4O3/c1-30-19-12-10-16(11-13-19)15-25-22-20-8-3-4-9-21(20)27-24(28-22)26-18-7-5-6-17(14-18)23(29)31-2/h3-14H,15H2,1-2H3,(H2,25,26,27,28). The number of hydrogen-bond donors (Lipinski definition) is 2. The van der Waals surface area contributed by atoms with Gasteiger partial charge in [-0.3, -0.25) is 0 Å². The number of carbonyl (C=O) groups excluding carboxylic acids is 1. The fourth-order valence-electron chi connectivity index (χ4n) is 3.17. The molecule has 4 aromatic rings. The maximum atomic E-state index is 11.8. The molecule has 0 bridgehead atoms. The maximum Gasteiger partial charge on any atom is 0.337 e. The largest absolute Gasteiger partial charge is 0.497 e. The Morgan fingerprint density at radius 1 is 0.935 bits per heavy atom. The highest BCUT2D eigenvalue weighted by molar-refractivity contribution is 5.91. The van der Waals surface area contributed by atoms with Crippen LogP contribution in [0.2, 0.25) is 0 Å². The van der Waals surface area contributed by atoms with E-state index in [4.69, 9.17) is 9.47 Å². The first-order valence-electron chi connectivity index (χ1n) is 9.75. The van der Waals surface area contributed by atoms with Crippen molar-refractivity contribution in [2.75, 3.05) is 24.9 Å². The molecule has 2 N–H and O–H groups in total. The number of nitrogens with zero attached hydrogens (tertiary/aromatic N) is 2. The summed E-state index contributed by atoms with van der Waals surface area (Å²) in [5.41, 5.74) is 3.05. The molecule has 0 saturated carbocycles. The third kappa shape index (κ3) is 4.72. The molecule has 0 spiro atoms. The molecule has 0 aliphatic carbocycles. The van der Waals surface area contributed by atoms with Crippen LogP contribution in [-0.4, -0.2) is 30.2 Å². The molecule has 0 aliphatic rings. The van der Waals surface area contributed by atoms with Gasteiger partial charge in [0.15, 0.2) is 0 Å². The van der Waals surface area contributed by atoms with Gasteiger partial charge in [-0.15, -0.1) is 0 Å². The first kappa shape index (κ1) is 20.2. The van der Waals surface area contributed by atoms with E-state index in [9.17, 15) is 4.79 Å². The summed E-state index contributed by atoms with van der Waals surface area (Å²) in [6, 6.07) is 22.7. The van der Waals surface area contributed by atoms with Crippen LogP contribution >= 0.6 is 0 Å². The van der Waals surface area contributed by atoms with Gasteiger partial charge in [0.25, 0.3) is 0 Å². The smallest absolute Gasteiger partial charge is 0.337 e. The van der Waals surface area contributed by atoms with Crippen molar-refractivity contribution in [3.05, 3.63) is 83.9 Å². The molecule has 7 heteroatoms. The number of carbonyl (C=O) groups is 1. The Hall–Kier alpha value is -4.13.